The Hall–Kier alpha value is -1.99. The van der Waals surface area contributed by atoms with Crippen LogP contribution in [0.3, 0.4) is 0 Å². The standard InChI is InChI=1S/C12H10ClN3O/c1-17-8-2-3-9(10(13)6-8)11-7-15-12(16-11)4-5-14/h2-3,6-7H,4H2,1H3,(H,15,16). The minimum atomic E-state index is 0.258. The lowest BCUT2D eigenvalue weighted by Crippen LogP contribution is -1.86. The molecule has 17 heavy (non-hydrogen) atoms. The molecule has 0 spiro atoms. The van der Waals surface area contributed by atoms with Crippen LogP contribution < -0.4 is 4.74 Å². The Kier molecular flexibility index (Phi) is 3.31. The topological polar surface area (TPSA) is 61.7 Å². The van der Waals surface area contributed by atoms with E-state index in [2.05, 4.69) is 9.97 Å². The van der Waals surface area contributed by atoms with Gasteiger partial charge in [-0.05, 0) is 18.2 Å². The lowest BCUT2D eigenvalue weighted by atomic mass is 10.1. The first-order chi connectivity index (χ1) is 8.24. The number of methoxy groups -OCH3 is 1. The molecule has 2 aromatic rings. The molecule has 2 rings (SSSR count). The predicted molar refractivity (Wildman–Crippen MR) is 64.9 cm³/mol. The number of rotatable bonds is 3. The molecule has 4 nitrogen and oxygen atoms in total. The molecule has 86 valence electrons. The zero-order valence-corrected chi connectivity index (χ0v) is 9.95. The zero-order chi connectivity index (χ0) is 12.3. The molecular weight excluding hydrogens is 238 g/mol. The lowest BCUT2D eigenvalue weighted by molar-refractivity contribution is 0.415. The van der Waals surface area contributed by atoms with Crippen LogP contribution in [-0.2, 0) is 6.42 Å². The number of hydrogen-bond donors (Lipinski definition) is 1. The monoisotopic (exact) mass is 247 g/mol. The highest BCUT2D eigenvalue weighted by molar-refractivity contribution is 6.33. The molecule has 0 bridgehead atoms. The van der Waals surface area contributed by atoms with Gasteiger partial charge in [-0.25, -0.2) is 4.98 Å². The van der Waals surface area contributed by atoms with Crippen molar-refractivity contribution < 1.29 is 4.74 Å². The summed E-state index contributed by atoms with van der Waals surface area (Å²) in [6, 6.07) is 7.45. The minimum absolute atomic E-state index is 0.258. The molecule has 0 aliphatic heterocycles. The van der Waals surface area contributed by atoms with E-state index in [9.17, 15) is 0 Å². The van der Waals surface area contributed by atoms with Crippen LogP contribution in [0.15, 0.2) is 24.4 Å². The third kappa shape index (κ3) is 2.40. The Bertz CT molecular complexity index is 571. The van der Waals surface area contributed by atoms with Gasteiger partial charge in [-0.3, -0.25) is 0 Å². The van der Waals surface area contributed by atoms with Crippen LogP contribution in [0, 0.1) is 11.3 Å². The van der Waals surface area contributed by atoms with Gasteiger partial charge in [0.1, 0.15) is 11.6 Å². The fraction of sp³-hybridized carbons (Fsp3) is 0.167. The Morgan fingerprint density at radius 1 is 1.53 bits per heavy atom. The molecule has 0 radical (unpaired) electrons. The summed E-state index contributed by atoms with van der Waals surface area (Å²) in [4.78, 5) is 7.15. The highest BCUT2D eigenvalue weighted by Crippen LogP contribution is 2.29. The molecule has 0 saturated heterocycles. The van der Waals surface area contributed by atoms with Gasteiger partial charge in [0.2, 0.25) is 0 Å². The molecular formula is C12H10ClN3O. The average molecular weight is 248 g/mol. The van der Waals surface area contributed by atoms with Gasteiger partial charge in [0.25, 0.3) is 0 Å². The van der Waals surface area contributed by atoms with Crippen molar-refractivity contribution in [3.8, 4) is 23.1 Å². The summed E-state index contributed by atoms with van der Waals surface area (Å²) < 4.78 is 5.08. The van der Waals surface area contributed by atoms with Gasteiger partial charge >= 0.3 is 0 Å². The number of imidazole rings is 1. The second-order valence-electron chi connectivity index (χ2n) is 3.42. The van der Waals surface area contributed by atoms with E-state index in [1.807, 2.05) is 18.2 Å². The van der Waals surface area contributed by atoms with Crippen molar-refractivity contribution in [1.82, 2.24) is 9.97 Å². The number of aromatic amines is 1. The maximum absolute atomic E-state index is 8.57. The van der Waals surface area contributed by atoms with Gasteiger partial charge in [-0.1, -0.05) is 11.6 Å². The quantitative estimate of drug-likeness (QED) is 0.907. The van der Waals surface area contributed by atoms with E-state index in [0.717, 1.165) is 11.3 Å². The van der Waals surface area contributed by atoms with Crippen molar-refractivity contribution in [1.29, 1.82) is 5.26 Å². The number of nitrogens with one attached hydrogen (secondary N) is 1. The summed E-state index contributed by atoms with van der Waals surface area (Å²) in [5, 5.41) is 9.15. The minimum Gasteiger partial charge on any atom is -0.497 e. The highest BCUT2D eigenvalue weighted by Gasteiger charge is 2.08. The zero-order valence-electron chi connectivity index (χ0n) is 9.20. The third-order valence-electron chi connectivity index (χ3n) is 2.34. The van der Waals surface area contributed by atoms with Gasteiger partial charge in [0.05, 0.1) is 36.5 Å². The van der Waals surface area contributed by atoms with Crippen molar-refractivity contribution in [3.05, 3.63) is 35.2 Å². The second-order valence-corrected chi connectivity index (χ2v) is 3.83. The Balaban J connectivity index is 2.36. The second kappa shape index (κ2) is 4.89. The first kappa shape index (κ1) is 11.5. The predicted octanol–water partition coefficient (Wildman–Crippen LogP) is 2.80. The largest absolute Gasteiger partial charge is 0.497 e. The molecule has 1 heterocycles. The molecule has 0 atom stereocenters. The highest BCUT2D eigenvalue weighted by atomic mass is 35.5. The number of hydrogen-bond acceptors (Lipinski definition) is 3. The summed E-state index contributed by atoms with van der Waals surface area (Å²) in [5.74, 6) is 1.34. The number of nitriles is 1. The molecule has 0 saturated carbocycles. The van der Waals surface area contributed by atoms with Crippen molar-refractivity contribution in [3.63, 3.8) is 0 Å². The molecule has 0 amide bonds. The van der Waals surface area contributed by atoms with Crippen LogP contribution in [0.1, 0.15) is 5.82 Å². The summed E-state index contributed by atoms with van der Waals surface area (Å²) in [7, 11) is 1.59. The molecule has 1 aromatic carbocycles. The first-order valence-electron chi connectivity index (χ1n) is 4.99. The Morgan fingerprint density at radius 2 is 2.35 bits per heavy atom. The fourth-order valence-electron chi connectivity index (χ4n) is 1.51. The molecule has 0 aliphatic rings. The maximum Gasteiger partial charge on any atom is 0.120 e. The Morgan fingerprint density at radius 3 is 3.00 bits per heavy atom. The summed E-state index contributed by atoms with van der Waals surface area (Å²) in [6.07, 6.45) is 1.92. The van der Waals surface area contributed by atoms with Crippen LogP contribution in [0.5, 0.6) is 5.75 Å². The van der Waals surface area contributed by atoms with Gasteiger partial charge in [0, 0.05) is 5.56 Å². The van der Waals surface area contributed by atoms with Crippen molar-refractivity contribution in [2.24, 2.45) is 0 Å². The molecule has 1 aromatic heterocycles. The summed E-state index contributed by atoms with van der Waals surface area (Å²) in [5.41, 5.74) is 1.63. The van der Waals surface area contributed by atoms with Crippen LogP contribution in [-0.4, -0.2) is 17.1 Å². The Labute approximate surface area is 104 Å². The molecule has 5 heteroatoms. The van der Waals surface area contributed by atoms with Crippen molar-refractivity contribution in [2.75, 3.05) is 7.11 Å². The maximum atomic E-state index is 8.57. The van der Waals surface area contributed by atoms with Gasteiger partial charge in [-0.15, -0.1) is 0 Å². The van der Waals surface area contributed by atoms with Crippen LogP contribution in [0.25, 0.3) is 11.3 Å². The van der Waals surface area contributed by atoms with Gasteiger partial charge in [-0.2, -0.15) is 5.26 Å². The molecule has 0 aliphatic carbocycles. The van der Waals surface area contributed by atoms with Gasteiger partial charge < -0.3 is 9.72 Å². The van der Waals surface area contributed by atoms with Crippen molar-refractivity contribution >= 4 is 11.6 Å². The van der Waals surface area contributed by atoms with Crippen LogP contribution >= 0.6 is 11.6 Å². The van der Waals surface area contributed by atoms with E-state index in [0.29, 0.717) is 16.6 Å². The number of nitrogens with zero attached hydrogens (tertiary/aromatic N) is 2. The van der Waals surface area contributed by atoms with E-state index >= 15 is 0 Å². The van der Waals surface area contributed by atoms with Crippen LogP contribution in [0.4, 0.5) is 0 Å². The van der Waals surface area contributed by atoms with E-state index in [1.165, 1.54) is 0 Å². The number of ether oxygens (including phenoxy) is 1. The van der Waals surface area contributed by atoms with Crippen LogP contribution in [0.2, 0.25) is 5.02 Å². The normalized spacial score (nSPS) is 9.94. The van der Waals surface area contributed by atoms with Crippen molar-refractivity contribution in [2.45, 2.75) is 6.42 Å². The molecule has 0 unspecified atom stereocenters. The van der Waals surface area contributed by atoms with E-state index in [1.54, 1.807) is 19.4 Å². The smallest absolute Gasteiger partial charge is 0.120 e. The molecule has 1 N–H and O–H groups in total. The number of benzene rings is 1. The first-order valence-corrected chi connectivity index (χ1v) is 5.37. The summed E-state index contributed by atoms with van der Waals surface area (Å²) >= 11 is 6.14. The fourth-order valence-corrected chi connectivity index (χ4v) is 1.78. The summed E-state index contributed by atoms with van der Waals surface area (Å²) in [6.45, 7) is 0. The lowest BCUT2D eigenvalue weighted by Gasteiger charge is -2.04. The van der Waals surface area contributed by atoms with E-state index in [4.69, 9.17) is 21.6 Å². The van der Waals surface area contributed by atoms with E-state index < -0.39 is 0 Å². The van der Waals surface area contributed by atoms with E-state index in [-0.39, 0.29) is 6.42 Å². The SMILES string of the molecule is COc1ccc(-c2cnc(CC#N)[nH]2)c(Cl)c1. The third-order valence-corrected chi connectivity index (χ3v) is 2.65. The number of H-pyrrole nitrogens is 1. The van der Waals surface area contributed by atoms with Gasteiger partial charge in [0.15, 0.2) is 0 Å². The average Bonchev–Trinajstić information content (AvgIpc) is 2.78. The molecule has 0 fully saturated rings. The number of halogens is 1. The number of aromatic nitrogens is 2.